The second kappa shape index (κ2) is 2.93. The smallest absolute Gasteiger partial charge is 0.0812 e. The summed E-state index contributed by atoms with van der Waals surface area (Å²) in [5.41, 5.74) is 2.54. The molecule has 0 spiro atoms. The molecule has 2 aromatic rings. The summed E-state index contributed by atoms with van der Waals surface area (Å²) < 4.78 is 22.0. The molecule has 1 unspecified atom stereocenters. The van der Waals surface area contributed by atoms with Gasteiger partial charge in [0, 0.05) is 4.90 Å². The van der Waals surface area contributed by atoms with Crippen molar-refractivity contribution in [3.8, 4) is 0 Å². The largest absolute Gasteiger partial charge is 0.768 e. The first-order chi connectivity index (χ1) is 5.77. The second-order valence-electron chi connectivity index (χ2n) is 2.22. The fourth-order valence-corrected chi connectivity index (χ4v) is 2.12. The molecule has 0 fully saturated rings. The molecule has 1 aromatic carbocycles. The van der Waals surface area contributed by atoms with Gasteiger partial charge in [0.05, 0.1) is 15.7 Å². The van der Waals surface area contributed by atoms with Crippen molar-refractivity contribution in [2.75, 3.05) is 0 Å². The first-order valence-corrected chi connectivity index (χ1v) is 5.15. The first-order valence-electron chi connectivity index (χ1n) is 3.20. The average molecular weight is 198 g/mol. The van der Waals surface area contributed by atoms with E-state index < -0.39 is 11.1 Å². The Bertz CT molecular complexity index is 438. The predicted molar refractivity (Wildman–Crippen MR) is 46.8 cm³/mol. The van der Waals surface area contributed by atoms with Gasteiger partial charge >= 0.3 is 0 Å². The standard InChI is InChI=1S/C7H5NO2S2/c9-12(10)5-1-2-6-7(3-5)11-4-8-6/h1-4H,(H,9,10)/p-1. The number of fused-ring (bicyclic) bond motifs is 1. The van der Waals surface area contributed by atoms with Gasteiger partial charge in [-0.05, 0) is 29.3 Å². The van der Waals surface area contributed by atoms with Crippen LogP contribution in [0.2, 0.25) is 0 Å². The molecule has 0 radical (unpaired) electrons. The van der Waals surface area contributed by atoms with Crippen molar-refractivity contribution in [2.45, 2.75) is 4.90 Å². The van der Waals surface area contributed by atoms with E-state index in [0.29, 0.717) is 4.90 Å². The van der Waals surface area contributed by atoms with E-state index in [0.717, 1.165) is 10.2 Å². The molecule has 1 heterocycles. The number of aromatic nitrogens is 1. The van der Waals surface area contributed by atoms with Crippen LogP contribution in [0.25, 0.3) is 10.2 Å². The highest BCUT2D eigenvalue weighted by Crippen LogP contribution is 2.20. The third kappa shape index (κ3) is 1.26. The Hall–Kier alpha value is -0.780. The van der Waals surface area contributed by atoms with Crippen molar-refractivity contribution < 1.29 is 8.76 Å². The van der Waals surface area contributed by atoms with Crippen LogP contribution in [0.4, 0.5) is 0 Å². The summed E-state index contributed by atoms with van der Waals surface area (Å²) in [6.07, 6.45) is 0. The molecule has 0 saturated carbocycles. The van der Waals surface area contributed by atoms with Gasteiger partial charge in [0.2, 0.25) is 0 Å². The lowest BCUT2D eigenvalue weighted by molar-refractivity contribution is 0.537. The van der Waals surface area contributed by atoms with Gasteiger partial charge in [0.15, 0.2) is 0 Å². The Morgan fingerprint density at radius 2 is 2.33 bits per heavy atom. The molecule has 0 N–H and O–H groups in total. The van der Waals surface area contributed by atoms with Gasteiger partial charge in [0.25, 0.3) is 0 Å². The van der Waals surface area contributed by atoms with Crippen molar-refractivity contribution in [2.24, 2.45) is 0 Å². The van der Waals surface area contributed by atoms with Crippen LogP contribution in [0.15, 0.2) is 28.6 Å². The number of hydrogen-bond donors (Lipinski definition) is 0. The van der Waals surface area contributed by atoms with Crippen LogP contribution in [-0.2, 0) is 11.1 Å². The minimum atomic E-state index is -2.14. The number of hydrogen-bond acceptors (Lipinski definition) is 4. The van der Waals surface area contributed by atoms with E-state index in [9.17, 15) is 8.76 Å². The van der Waals surface area contributed by atoms with Gasteiger partial charge in [-0.2, -0.15) is 0 Å². The van der Waals surface area contributed by atoms with Gasteiger partial charge in [-0.15, -0.1) is 11.3 Å². The molecule has 5 heteroatoms. The normalized spacial score (nSPS) is 13.4. The van der Waals surface area contributed by atoms with Gasteiger partial charge in [-0.1, -0.05) is 0 Å². The lowest BCUT2D eigenvalue weighted by atomic mass is 10.3. The summed E-state index contributed by atoms with van der Waals surface area (Å²) in [6.45, 7) is 0. The molecule has 3 nitrogen and oxygen atoms in total. The Kier molecular flexibility index (Phi) is 1.92. The summed E-state index contributed by atoms with van der Waals surface area (Å²) in [7, 11) is 0. The lowest BCUT2D eigenvalue weighted by Crippen LogP contribution is -1.86. The maximum absolute atomic E-state index is 10.6. The summed E-state index contributed by atoms with van der Waals surface area (Å²) in [5.74, 6) is 0. The average Bonchev–Trinajstić information content (AvgIpc) is 2.49. The van der Waals surface area contributed by atoms with E-state index in [1.807, 2.05) is 0 Å². The highest BCUT2D eigenvalue weighted by Gasteiger charge is 1.97. The fraction of sp³-hybridized carbons (Fsp3) is 0. The number of rotatable bonds is 1. The monoisotopic (exact) mass is 198 g/mol. The molecule has 0 aliphatic rings. The predicted octanol–water partition coefficient (Wildman–Crippen LogP) is 1.53. The molecule has 1 atom stereocenters. The van der Waals surface area contributed by atoms with E-state index >= 15 is 0 Å². The van der Waals surface area contributed by atoms with Crippen LogP contribution >= 0.6 is 11.3 Å². The minimum Gasteiger partial charge on any atom is -0.768 e. The van der Waals surface area contributed by atoms with Gasteiger partial charge < -0.3 is 4.55 Å². The van der Waals surface area contributed by atoms with Gasteiger partial charge in [0.1, 0.15) is 0 Å². The maximum Gasteiger partial charge on any atom is 0.0812 e. The van der Waals surface area contributed by atoms with Gasteiger partial charge in [-0.25, -0.2) is 4.98 Å². The third-order valence-corrected chi connectivity index (χ3v) is 2.93. The highest BCUT2D eigenvalue weighted by atomic mass is 32.2. The number of thiazole rings is 1. The molecule has 1 aromatic heterocycles. The Morgan fingerprint density at radius 3 is 3.08 bits per heavy atom. The summed E-state index contributed by atoms with van der Waals surface area (Å²) in [5, 5.41) is 0. The molecule has 0 saturated heterocycles. The van der Waals surface area contributed by atoms with E-state index in [2.05, 4.69) is 4.98 Å². The first kappa shape index (κ1) is 7.85. The Labute approximate surface area is 75.4 Å². The maximum atomic E-state index is 10.6. The molecule has 0 amide bonds. The quantitative estimate of drug-likeness (QED) is 0.653. The van der Waals surface area contributed by atoms with E-state index in [1.165, 1.54) is 11.3 Å². The Balaban J connectivity index is 2.68. The summed E-state index contributed by atoms with van der Waals surface area (Å²) >= 11 is -0.706. The zero-order chi connectivity index (χ0) is 8.55. The molecule has 62 valence electrons. The zero-order valence-corrected chi connectivity index (χ0v) is 7.52. The second-order valence-corrected chi connectivity index (χ2v) is 4.04. The topological polar surface area (TPSA) is 53.0 Å². The summed E-state index contributed by atoms with van der Waals surface area (Å²) in [6, 6.07) is 4.87. The lowest BCUT2D eigenvalue weighted by Gasteiger charge is -2.02. The van der Waals surface area contributed by atoms with Crippen LogP contribution in [0.3, 0.4) is 0 Å². The number of benzene rings is 1. The van der Waals surface area contributed by atoms with Crippen molar-refractivity contribution in [3.05, 3.63) is 23.7 Å². The van der Waals surface area contributed by atoms with Crippen molar-refractivity contribution >= 4 is 32.6 Å². The van der Waals surface area contributed by atoms with E-state index in [1.54, 1.807) is 23.7 Å². The van der Waals surface area contributed by atoms with Gasteiger partial charge in [-0.3, -0.25) is 4.21 Å². The molecular formula is C7H4NO2S2-. The zero-order valence-electron chi connectivity index (χ0n) is 5.89. The van der Waals surface area contributed by atoms with E-state index in [-0.39, 0.29) is 0 Å². The molecule has 0 aliphatic heterocycles. The Morgan fingerprint density at radius 1 is 1.50 bits per heavy atom. The van der Waals surface area contributed by atoms with Crippen molar-refractivity contribution in [3.63, 3.8) is 0 Å². The highest BCUT2D eigenvalue weighted by molar-refractivity contribution is 7.79. The van der Waals surface area contributed by atoms with Crippen molar-refractivity contribution in [1.82, 2.24) is 4.98 Å². The fourth-order valence-electron chi connectivity index (χ4n) is 0.939. The SMILES string of the molecule is O=S([O-])c1ccc2ncsc2c1. The van der Waals surface area contributed by atoms with Crippen LogP contribution in [0, 0.1) is 0 Å². The molecule has 2 rings (SSSR count). The van der Waals surface area contributed by atoms with E-state index in [4.69, 9.17) is 0 Å². The molecule has 0 bridgehead atoms. The van der Waals surface area contributed by atoms with Crippen LogP contribution in [0.1, 0.15) is 0 Å². The molecule has 0 aliphatic carbocycles. The third-order valence-electron chi connectivity index (χ3n) is 1.50. The summed E-state index contributed by atoms with van der Waals surface area (Å²) in [4.78, 5) is 4.35. The minimum absolute atomic E-state index is 0.312. The van der Waals surface area contributed by atoms with Crippen LogP contribution in [-0.4, -0.2) is 13.7 Å². The molecular weight excluding hydrogens is 194 g/mol. The van der Waals surface area contributed by atoms with Crippen LogP contribution < -0.4 is 0 Å². The number of nitrogens with zero attached hydrogens (tertiary/aromatic N) is 1. The van der Waals surface area contributed by atoms with Crippen LogP contribution in [0.5, 0.6) is 0 Å². The molecule has 12 heavy (non-hydrogen) atoms. The van der Waals surface area contributed by atoms with Crippen molar-refractivity contribution in [1.29, 1.82) is 0 Å².